The summed E-state index contributed by atoms with van der Waals surface area (Å²) in [6.45, 7) is 10.5. The average Bonchev–Trinajstić information content (AvgIpc) is 2.94. The first-order valence-electron chi connectivity index (χ1n) is 13.0. The van der Waals surface area contributed by atoms with Gasteiger partial charge in [0.15, 0.2) is 0 Å². The Morgan fingerprint density at radius 1 is 0.865 bits per heavy atom. The van der Waals surface area contributed by atoms with Gasteiger partial charge < -0.3 is 24.6 Å². The molecule has 0 radical (unpaired) electrons. The zero-order valence-corrected chi connectivity index (χ0v) is 22.5. The van der Waals surface area contributed by atoms with Gasteiger partial charge in [0.25, 0.3) is 5.91 Å². The summed E-state index contributed by atoms with van der Waals surface area (Å²) in [6.07, 6.45) is 0. The Labute approximate surface area is 223 Å². The molecule has 0 unspecified atom stereocenters. The van der Waals surface area contributed by atoms with Crippen molar-refractivity contribution in [3.8, 4) is 0 Å². The molecular weight excluding hydrogens is 482 g/mol. The van der Waals surface area contributed by atoms with Gasteiger partial charge in [0.2, 0.25) is 0 Å². The van der Waals surface area contributed by atoms with Gasteiger partial charge in [-0.3, -0.25) is 4.79 Å². The van der Waals surface area contributed by atoms with Crippen LogP contribution in [0.25, 0.3) is 0 Å². The molecule has 0 aliphatic carbocycles. The number of ether oxygens (including phenoxy) is 2. The van der Waals surface area contributed by atoms with E-state index in [1.807, 2.05) is 24.3 Å². The molecule has 194 valence electrons. The summed E-state index contributed by atoms with van der Waals surface area (Å²) in [5.41, 5.74) is 7.40. The van der Waals surface area contributed by atoms with Gasteiger partial charge >= 0.3 is 0 Å². The van der Waals surface area contributed by atoms with Gasteiger partial charge in [-0.25, -0.2) is 0 Å². The van der Waals surface area contributed by atoms with Crippen LogP contribution in [0, 0.1) is 13.8 Å². The third-order valence-corrected chi connectivity index (χ3v) is 8.12. The van der Waals surface area contributed by atoms with Gasteiger partial charge in [-0.05, 0) is 61.4 Å². The lowest BCUT2D eigenvalue weighted by Crippen LogP contribution is -2.38. The lowest BCUT2D eigenvalue weighted by Gasteiger charge is -2.33. The van der Waals surface area contributed by atoms with Crippen molar-refractivity contribution in [2.75, 3.05) is 67.7 Å². The van der Waals surface area contributed by atoms with Crippen LogP contribution in [0.2, 0.25) is 0 Å². The second-order valence-electron chi connectivity index (χ2n) is 9.61. The van der Waals surface area contributed by atoms with Gasteiger partial charge in [-0.1, -0.05) is 29.8 Å². The quantitative estimate of drug-likeness (QED) is 0.417. The molecule has 5 rings (SSSR count). The van der Waals surface area contributed by atoms with Crippen molar-refractivity contribution in [2.45, 2.75) is 24.5 Å². The molecule has 1 amide bonds. The predicted molar refractivity (Wildman–Crippen MR) is 152 cm³/mol. The molecule has 2 aliphatic rings. The first-order chi connectivity index (χ1) is 18.1. The van der Waals surface area contributed by atoms with Crippen LogP contribution < -0.4 is 15.1 Å². The minimum atomic E-state index is -0.0907. The summed E-state index contributed by atoms with van der Waals surface area (Å²) in [7, 11) is 0. The van der Waals surface area contributed by atoms with E-state index < -0.39 is 0 Å². The van der Waals surface area contributed by atoms with Crippen LogP contribution in [0.5, 0.6) is 0 Å². The van der Waals surface area contributed by atoms with E-state index in [4.69, 9.17) is 9.47 Å². The van der Waals surface area contributed by atoms with Crippen LogP contribution in [-0.2, 0) is 15.2 Å². The molecule has 0 saturated carbocycles. The summed E-state index contributed by atoms with van der Waals surface area (Å²) in [4.78, 5) is 19.3. The van der Waals surface area contributed by atoms with E-state index in [1.165, 1.54) is 16.0 Å². The molecule has 7 heteroatoms. The molecule has 37 heavy (non-hydrogen) atoms. The fraction of sp³-hybridized carbons (Fsp3) is 0.367. The number of amides is 1. The first kappa shape index (κ1) is 25.6. The smallest absolute Gasteiger partial charge is 0.255 e. The normalized spacial score (nSPS) is 16.1. The van der Waals surface area contributed by atoms with E-state index in [0.29, 0.717) is 18.8 Å². The van der Waals surface area contributed by atoms with Crippen molar-refractivity contribution >= 4 is 34.7 Å². The van der Waals surface area contributed by atoms with Gasteiger partial charge in [0.05, 0.1) is 37.8 Å². The lowest BCUT2D eigenvalue weighted by molar-refractivity contribution is 0.102. The van der Waals surface area contributed by atoms with Crippen molar-refractivity contribution in [1.82, 2.24) is 0 Å². The lowest BCUT2D eigenvalue weighted by atomic mass is 10.1. The molecule has 6 nitrogen and oxygen atoms in total. The number of carbonyl (C=O) groups excluding carboxylic acids is 1. The maximum absolute atomic E-state index is 13.4. The Hall–Kier alpha value is -3.00. The highest BCUT2D eigenvalue weighted by atomic mass is 32.2. The van der Waals surface area contributed by atoms with Crippen LogP contribution in [0.1, 0.15) is 27.0 Å². The highest BCUT2D eigenvalue weighted by Gasteiger charge is 2.20. The van der Waals surface area contributed by atoms with Gasteiger partial charge in [-0.2, -0.15) is 0 Å². The topological polar surface area (TPSA) is 54.0 Å². The highest BCUT2D eigenvalue weighted by Crippen LogP contribution is 2.33. The van der Waals surface area contributed by atoms with E-state index in [2.05, 4.69) is 65.4 Å². The summed E-state index contributed by atoms with van der Waals surface area (Å²) in [5.74, 6) is 0.727. The summed E-state index contributed by atoms with van der Waals surface area (Å²) in [5, 5.41) is 3.20. The number of thioether (sulfide) groups is 1. The van der Waals surface area contributed by atoms with Crippen LogP contribution in [-0.4, -0.2) is 58.5 Å². The van der Waals surface area contributed by atoms with Crippen LogP contribution in [0.15, 0.2) is 65.6 Å². The Morgan fingerprint density at radius 2 is 1.59 bits per heavy atom. The van der Waals surface area contributed by atoms with Crippen molar-refractivity contribution < 1.29 is 14.3 Å². The van der Waals surface area contributed by atoms with Crippen molar-refractivity contribution in [3.05, 3.63) is 82.9 Å². The summed E-state index contributed by atoms with van der Waals surface area (Å²) >= 11 is 1.81. The molecule has 0 aromatic heterocycles. The Morgan fingerprint density at radius 3 is 2.32 bits per heavy atom. The fourth-order valence-electron chi connectivity index (χ4n) is 4.83. The summed E-state index contributed by atoms with van der Waals surface area (Å²) in [6, 6.07) is 20.8. The number of hydrogen-bond acceptors (Lipinski definition) is 6. The van der Waals surface area contributed by atoms with E-state index >= 15 is 0 Å². The molecule has 0 bridgehead atoms. The van der Waals surface area contributed by atoms with E-state index in [1.54, 1.807) is 11.8 Å². The summed E-state index contributed by atoms with van der Waals surface area (Å²) < 4.78 is 11.1. The molecule has 0 atom stereocenters. The second kappa shape index (κ2) is 12.0. The number of hydrogen-bond donors (Lipinski definition) is 1. The van der Waals surface area contributed by atoms with Crippen LogP contribution >= 0.6 is 11.8 Å². The number of nitrogens with zero attached hydrogens (tertiary/aromatic N) is 2. The Balaban J connectivity index is 1.32. The zero-order chi connectivity index (χ0) is 25.6. The SMILES string of the molecule is Cc1ccc(SCc2cccc(C(=O)Nc3ccc(N4CCOCC4)cc3N3CCOCC3)c2)c(C)c1. The molecule has 3 aromatic carbocycles. The van der Waals surface area contributed by atoms with Gasteiger partial charge in [0.1, 0.15) is 0 Å². The number of benzene rings is 3. The predicted octanol–water partition coefficient (Wildman–Crippen LogP) is 5.52. The standard InChI is InChI=1S/C30H35N3O3S/c1-22-6-9-29(23(2)18-22)37-21-24-4-3-5-25(19-24)30(34)31-27-8-7-26(32-10-14-35-15-11-32)20-28(27)33-12-16-36-17-13-33/h3-9,18-20H,10-17,21H2,1-2H3,(H,31,34). The van der Waals surface area contributed by atoms with Crippen molar-refractivity contribution in [3.63, 3.8) is 0 Å². The van der Waals surface area contributed by atoms with E-state index in [0.717, 1.165) is 67.8 Å². The van der Waals surface area contributed by atoms with E-state index in [-0.39, 0.29) is 5.91 Å². The fourth-order valence-corrected chi connectivity index (χ4v) is 5.78. The van der Waals surface area contributed by atoms with Gasteiger partial charge in [-0.15, -0.1) is 11.8 Å². The average molecular weight is 518 g/mol. The number of anilines is 3. The molecule has 0 spiro atoms. The Kier molecular flexibility index (Phi) is 8.34. The Bertz CT molecular complexity index is 1240. The largest absolute Gasteiger partial charge is 0.378 e. The van der Waals surface area contributed by atoms with E-state index in [9.17, 15) is 4.79 Å². The molecule has 2 aliphatic heterocycles. The van der Waals surface area contributed by atoms with Gasteiger partial charge in [0, 0.05) is 48.1 Å². The number of morpholine rings is 2. The minimum Gasteiger partial charge on any atom is -0.378 e. The van der Waals surface area contributed by atoms with Crippen LogP contribution in [0.4, 0.5) is 17.1 Å². The number of carbonyl (C=O) groups is 1. The molecule has 3 aromatic rings. The molecule has 1 N–H and O–H groups in total. The zero-order valence-electron chi connectivity index (χ0n) is 21.7. The maximum atomic E-state index is 13.4. The minimum absolute atomic E-state index is 0.0907. The molecular formula is C30H35N3O3S. The maximum Gasteiger partial charge on any atom is 0.255 e. The van der Waals surface area contributed by atoms with Crippen molar-refractivity contribution in [1.29, 1.82) is 0 Å². The highest BCUT2D eigenvalue weighted by molar-refractivity contribution is 7.98. The number of rotatable bonds is 7. The van der Waals surface area contributed by atoms with Crippen LogP contribution in [0.3, 0.4) is 0 Å². The molecule has 2 fully saturated rings. The molecule has 2 heterocycles. The third kappa shape index (κ3) is 6.47. The number of aryl methyl sites for hydroxylation is 2. The number of nitrogens with one attached hydrogen (secondary N) is 1. The first-order valence-corrected chi connectivity index (χ1v) is 14.0. The second-order valence-corrected chi connectivity index (χ2v) is 10.6. The third-order valence-electron chi connectivity index (χ3n) is 6.87. The monoisotopic (exact) mass is 517 g/mol. The van der Waals surface area contributed by atoms with Crippen molar-refractivity contribution in [2.24, 2.45) is 0 Å². The molecule has 2 saturated heterocycles.